The molecule has 0 radical (unpaired) electrons. The summed E-state index contributed by atoms with van der Waals surface area (Å²) in [6.07, 6.45) is 2.79. The number of nitrogens with zero attached hydrogens (tertiary/aromatic N) is 2. The summed E-state index contributed by atoms with van der Waals surface area (Å²) in [5.74, 6) is -2.14. The van der Waals surface area contributed by atoms with E-state index in [1.807, 2.05) is 30.3 Å². The molecule has 0 aromatic heterocycles. The van der Waals surface area contributed by atoms with Crippen molar-refractivity contribution in [2.45, 2.75) is 70.1 Å². The van der Waals surface area contributed by atoms with Crippen molar-refractivity contribution in [2.24, 2.45) is 50.3 Å². The molecular formula is C26H46N10O5. The van der Waals surface area contributed by atoms with Crippen LogP contribution in [0.25, 0.3) is 0 Å². The highest BCUT2D eigenvalue weighted by atomic mass is 16.4. The monoisotopic (exact) mass is 578 g/mol. The Morgan fingerprint density at radius 2 is 1.39 bits per heavy atom. The minimum atomic E-state index is -0.959. The van der Waals surface area contributed by atoms with E-state index in [1.165, 1.54) is 0 Å². The standard InChI is InChI=1S/C17H35N9O3.C9H11NO2/c1-10(2)13(26-14(28)12(18)6-4-8-24-17(21)22)15(29)25-11(9-27)5-3-7-23-16(19)20;10-8(9(11)12)6-7-4-2-1-3-5-7/h9-13H,3-8,18H2,1-2H3,(H,25,29)(H,26,28)(H4,19,20,23)(H4,21,22,24);1-5,8H,6,10H2,(H,11,12)/t11-,12-,13-;8-/m00/s1. The molecule has 0 fully saturated rings. The maximum absolute atomic E-state index is 12.5. The van der Waals surface area contributed by atoms with Gasteiger partial charge in [-0.3, -0.25) is 24.4 Å². The number of guanidine groups is 2. The van der Waals surface area contributed by atoms with E-state index in [-0.39, 0.29) is 17.8 Å². The molecule has 0 spiro atoms. The molecular weight excluding hydrogens is 532 g/mol. The van der Waals surface area contributed by atoms with Gasteiger partial charge in [0.25, 0.3) is 0 Å². The lowest BCUT2D eigenvalue weighted by atomic mass is 10.0. The van der Waals surface area contributed by atoms with Crippen molar-refractivity contribution in [1.29, 1.82) is 0 Å². The largest absolute Gasteiger partial charge is 0.480 e. The normalized spacial score (nSPS) is 13.3. The number of benzene rings is 1. The molecule has 1 rings (SSSR count). The third kappa shape index (κ3) is 17.9. The van der Waals surface area contributed by atoms with Gasteiger partial charge in [-0.1, -0.05) is 44.2 Å². The predicted molar refractivity (Wildman–Crippen MR) is 158 cm³/mol. The lowest BCUT2D eigenvalue weighted by Crippen LogP contribution is -2.55. The van der Waals surface area contributed by atoms with Crippen molar-refractivity contribution in [2.75, 3.05) is 13.1 Å². The van der Waals surface area contributed by atoms with E-state index in [4.69, 9.17) is 39.5 Å². The summed E-state index contributed by atoms with van der Waals surface area (Å²) in [6.45, 7) is 4.27. The first-order valence-corrected chi connectivity index (χ1v) is 13.2. The summed E-state index contributed by atoms with van der Waals surface area (Å²) in [6, 6.07) is 6.21. The van der Waals surface area contributed by atoms with Crippen LogP contribution in [0.1, 0.15) is 45.1 Å². The molecule has 0 aliphatic carbocycles. The van der Waals surface area contributed by atoms with Gasteiger partial charge >= 0.3 is 5.97 Å². The molecule has 0 bridgehead atoms. The van der Waals surface area contributed by atoms with Gasteiger partial charge in [-0.05, 0) is 43.6 Å². The number of nitrogens with two attached hydrogens (primary N) is 6. The van der Waals surface area contributed by atoms with E-state index < -0.39 is 42.0 Å². The summed E-state index contributed by atoms with van der Waals surface area (Å²) in [5, 5.41) is 13.8. The number of aliphatic imine (C=N–C) groups is 2. The Bertz CT molecular complexity index is 996. The Hall–Kier alpha value is -4.24. The van der Waals surface area contributed by atoms with E-state index in [1.54, 1.807) is 13.8 Å². The van der Waals surface area contributed by atoms with Crippen LogP contribution in [0.4, 0.5) is 0 Å². The fraction of sp³-hybridized carbons (Fsp3) is 0.538. The molecule has 15 N–H and O–H groups in total. The molecule has 2 amide bonds. The molecule has 0 heterocycles. The van der Waals surface area contributed by atoms with Crippen LogP contribution >= 0.6 is 0 Å². The number of rotatable bonds is 17. The Morgan fingerprint density at radius 1 is 0.854 bits per heavy atom. The number of carboxylic acid groups (broad SMARTS) is 1. The van der Waals surface area contributed by atoms with Gasteiger partial charge in [0.05, 0.1) is 12.1 Å². The van der Waals surface area contributed by atoms with Crippen LogP contribution in [-0.4, -0.2) is 78.4 Å². The van der Waals surface area contributed by atoms with Crippen LogP contribution < -0.4 is 45.0 Å². The van der Waals surface area contributed by atoms with Gasteiger partial charge in [0.1, 0.15) is 18.4 Å². The quantitative estimate of drug-likeness (QED) is 0.0417. The Kier molecular flexibility index (Phi) is 18.5. The number of hydrogen-bond donors (Lipinski definition) is 9. The van der Waals surface area contributed by atoms with Crippen molar-refractivity contribution in [3.05, 3.63) is 35.9 Å². The van der Waals surface area contributed by atoms with Crippen molar-refractivity contribution < 1.29 is 24.3 Å². The molecule has 0 aliphatic rings. The first kappa shape index (κ1) is 36.8. The second kappa shape index (κ2) is 20.6. The summed E-state index contributed by atoms with van der Waals surface area (Å²) < 4.78 is 0. The number of carbonyl (C=O) groups is 4. The predicted octanol–water partition coefficient (Wildman–Crippen LogP) is -2.11. The molecule has 1 aromatic carbocycles. The number of aldehydes is 1. The lowest BCUT2D eigenvalue weighted by Gasteiger charge is -2.25. The number of aliphatic carboxylic acids is 1. The van der Waals surface area contributed by atoms with Crippen LogP contribution in [0.3, 0.4) is 0 Å². The van der Waals surface area contributed by atoms with E-state index in [9.17, 15) is 19.2 Å². The third-order valence-electron chi connectivity index (χ3n) is 5.63. The molecule has 230 valence electrons. The molecule has 4 atom stereocenters. The van der Waals surface area contributed by atoms with Gasteiger partial charge in [0, 0.05) is 13.1 Å². The summed E-state index contributed by atoms with van der Waals surface area (Å²) in [4.78, 5) is 54.1. The van der Waals surface area contributed by atoms with Crippen molar-refractivity contribution in [3.8, 4) is 0 Å². The van der Waals surface area contributed by atoms with Crippen molar-refractivity contribution >= 4 is 36.0 Å². The van der Waals surface area contributed by atoms with Gasteiger partial charge in [-0.25, -0.2) is 0 Å². The van der Waals surface area contributed by atoms with Crippen LogP contribution in [0.15, 0.2) is 40.3 Å². The average molecular weight is 579 g/mol. The molecule has 0 unspecified atom stereocenters. The zero-order chi connectivity index (χ0) is 31.4. The second-order valence-electron chi connectivity index (χ2n) is 9.62. The summed E-state index contributed by atoms with van der Waals surface area (Å²) in [7, 11) is 0. The molecule has 41 heavy (non-hydrogen) atoms. The third-order valence-corrected chi connectivity index (χ3v) is 5.63. The molecule has 0 saturated carbocycles. The summed E-state index contributed by atoms with van der Waals surface area (Å²) in [5.41, 5.74) is 33.1. The van der Waals surface area contributed by atoms with E-state index in [2.05, 4.69) is 20.6 Å². The molecule has 15 heteroatoms. The number of amides is 2. The minimum absolute atomic E-state index is 0.0254. The first-order chi connectivity index (χ1) is 19.3. The average Bonchev–Trinajstić information content (AvgIpc) is 2.91. The van der Waals surface area contributed by atoms with Gasteiger partial charge in [-0.15, -0.1) is 0 Å². The maximum Gasteiger partial charge on any atom is 0.320 e. The number of carbonyl (C=O) groups excluding carboxylic acids is 3. The SMILES string of the molecule is CC(C)[C@H](NC(=O)[C@@H](N)CCCN=C(N)N)C(=O)N[C@H](C=O)CCCN=C(N)N.N[C@@H](Cc1ccccc1)C(=O)O. The number of hydrogen-bond acceptors (Lipinski definition) is 8. The zero-order valence-corrected chi connectivity index (χ0v) is 23.7. The van der Waals surface area contributed by atoms with Crippen LogP contribution in [0.5, 0.6) is 0 Å². The number of carboxylic acids is 1. The van der Waals surface area contributed by atoms with Crippen molar-refractivity contribution in [3.63, 3.8) is 0 Å². The van der Waals surface area contributed by atoms with Crippen LogP contribution in [-0.2, 0) is 25.6 Å². The first-order valence-electron chi connectivity index (χ1n) is 13.2. The number of nitrogens with one attached hydrogen (secondary N) is 2. The molecule has 0 aliphatic heterocycles. The van der Waals surface area contributed by atoms with E-state index in [0.29, 0.717) is 51.5 Å². The second-order valence-corrected chi connectivity index (χ2v) is 9.62. The van der Waals surface area contributed by atoms with Gasteiger partial charge in [0.2, 0.25) is 11.8 Å². The Balaban J connectivity index is 0.00000110. The van der Waals surface area contributed by atoms with E-state index in [0.717, 1.165) is 5.56 Å². The molecule has 15 nitrogen and oxygen atoms in total. The topological polar surface area (TPSA) is 293 Å². The smallest absolute Gasteiger partial charge is 0.320 e. The highest BCUT2D eigenvalue weighted by Crippen LogP contribution is 2.06. The Labute approximate surface area is 240 Å². The van der Waals surface area contributed by atoms with Crippen LogP contribution in [0.2, 0.25) is 0 Å². The van der Waals surface area contributed by atoms with Gasteiger partial charge in [-0.2, -0.15) is 0 Å². The molecule has 0 saturated heterocycles. The highest BCUT2D eigenvalue weighted by molar-refractivity contribution is 5.91. The van der Waals surface area contributed by atoms with Gasteiger partial charge in [0.15, 0.2) is 11.9 Å². The van der Waals surface area contributed by atoms with Crippen LogP contribution in [0, 0.1) is 5.92 Å². The zero-order valence-electron chi connectivity index (χ0n) is 23.7. The molecule has 1 aromatic rings. The van der Waals surface area contributed by atoms with Crippen molar-refractivity contribution in [1.82, 2.24) is 10.6 Å². The lowest BCUT2D eigenvalue weighted by molar-refractivity contribution is -0.138. The maximum atomic E-state index is 12.5. The highest BCUT2D eigenvalue weighted by Gasteiger charge is 2.27. The fourth-order valence-electron chi connectivity index (χ4n) is 3.37. The fourth-order valence-corrected chi connectivity index (χ4v) is 3.37. The minimum Gasteiger partial charge on any atom is -0.480 e. The van der Waals surface area contributed by atoms with E-state index >= 15 is 0 Å². The Morgan fingerprint density at radius 3 is 1.85 bits per heavy atom. The van der Waals surface area contributed by atoms with Gasteiger partial charge < -0.3 is 54.9 Å². The summed E-state index contributed by atoms with van der Waals surface area (Å²) >= 11 is 0.